The molecule has 1 aliphatic rings. The SMILES string of the molecule is O=C(CN(Cc1ccco1)Cc1ccccc1O)NCCC1=CCCCC1. The van der Waals surface area contributed by atoms with E-state index in [-0.39, 0.29) is 18.2 Å². The normalized spacial score (nSPS) is 14.2. The molecule has 1 aliphatic carbocycles. The molecule has 0 aliphatic heterocycles. The number of hydrogen-bond donors (Lipinski definition) is 2. The average molecular weight is 368 g/mol. The standard InChI is InChI=1S/C22H28N2O3/c25-21-11-5-4-9-19(21)15-24(16-20-10-6-14-27-20)17-22(26)23-13-12-18-7-2-1-3-8-18/h4-7,9-11,14,25H,1-3,8,12-13,15-17H2,(H,23,26). The van der Waals surface area contributed by atoms with Crippen molar-refractivity contribution in [1.82, 2.24) is 10.2 Å². The second-order valence-corrected chi connectivity index (χ2v) is 7.06. The molecule has 5 nitrogen and oxygen atoms in total. The minimum absolute atomic E-state index is 0.00612. The highest BCUT2D eigenvalue weighted by atomic mass is 16.3. The molecule has 27 heavy (non-hydrogen) atoms. The van der Waals surface area contributed by atoms with Crippen molar-refractivity contribution in [3.8, 4) is 5.75 Å². The van der Waals surface area contributed by atoms with Crippen LogP contribution in [0.25, 0.3) is 0 Å². The van der Waals surface area contributed by atoms with Gasteiger partial charge in [0.1, 0.15) is 11.5 Å². The molecular weight excluding hydrogens is 340 g/mol. The van der Waals surface area contributed by atoms with E-state index in [1.54, 1.807) is 18.4 Å². The number of phenolic OH excluding ortho intramolecular Hbond substituents is 1. The smallest absolute Gasteiger partial charge is 0.234 e. The molecule has 0 spiro atoms. The Morgan fingerprint density at radius 1 is 1.15 bits per heavy atom. The van der Waals surface area contributed by atoms with Crippen molar-refractivity contribution in [2.24, 2.45) is 0 Å². The van der Waals surface area contributed by atoms with E-state index in [9.17, 15) is 9.90 Å². The number of hydrogen-bond acceptors (Lipinski definition) is 4. The van der Waals surface area contributed by atoms with Crippen LogP contribution in [0.5, 0.6) is 5.75 Å². The van der Waals surface area contributed by atoms with Crippen LogP contribution in [0.3, 0.4) is 0 Å². The van der Waals surface area contributed by atoms with Crippen LogP contribution < -0.4 is 5.32 Å². The Hall–Kier alpha value is -2.53. The molecule has 2 N–H and O–H groups in total. The third-order valence-electron chi connectivity index (χ3n) is 4.87. The molecule has 1 heterocycles. The Labute approximate surface area is 160 Å². The minimum atomic E-state index is -0.00612. The van der Waals surface area contributed by atoms with Crippen molar-refractivity contribution in [3.63, 3.8) is 0 Å². The summed E-state index contributed by atoms with van der Waals surface area (Å²) in [4.78, 5) is 14.4. The lowest BCUT2D eigenvalue weighted by Gasteiger charge is -2.21. The first kappa shape index (κ1) is 19.2. The zero-order valence-corrected chi connectivity index (χ0v) is 15.7. The van der Waals surface area contributed by atoms with Crippen LogP contribution in [-0.2, 0) is 17.9 Å². The van der Waals surface area contributed by atoms with Gasteiger partial charge >= 0.3 is 0 Å². The van der Waals surface area contributed by atoms with Gasteiger partial charge in [0, 0.05) is 18.7 Å². The second kappa shape index (κ2) is 9.97. The highest BCUT2D eigenvalue weighted by Crippen LogP contribution is 2.20. The van der Waals surface area contributed by atoms with Crippen molar-refractivity contribution in [3.05, 3.63) is 65.6 Å². The zero-order chi connectivity index (χ0) is 18.9. The number of rotatable bonds is 9. The van der Waals surface area contributed by atoms with Crippen LogP contribution in [0, 0.1) is 0 Å². The molecule has 1 amide bonds. The lowest BCUT2D eigenvalue weighted by molar-refractivity contribution is -0.122. The molecule has 1 aromatic heterocycles. The third kappa shape index (κ3) is 6.29. The molecule has 2 aromatic rings. The predicted octanol–water partition coefficient (Wildman–Crippen LogP) is 3.99. The molecule has 5 heteroatoms. The Kier molecular flexibility index (Phi) is 7.11. The molecular formula is C22H28N2O3. The Bertz CT molecular complexity index is 753. The van der Waals surface area contributed by atoms with Crippen LogP contribution >= 0.6 is 0 Å². The van der Waals surface area contributed by atoms with Crippen LogP contribution in [0.4, 0.5) is 0 Å². The number of nitrogens with one attached hydrogen (secondary N) is 1. The first-order valence-electron chi connectivity index (χ1n) is 9.67. The second-order valence-electron chi connectivity index (χ2n) is 7.06. The predicted molar refractivity (Wildman–Crippen MR) is 105 cm³/mol. The number of nitrogens with zero attached hydrogens (tertiary/aromatic N) is 1. The maximum absolute atomic E-state index is 12.4. The van der Waals surface area contributed by atoms with Gasteiger partial charge in [0.2, 0.25) is 5.91 Å². The number of phenols is 1. The number of benzene rings is 1. The van der Waals surface area contributed by atoms with Gasteiger partial charge in [0.15, 0.2) is 0 Å². The summed E-state index contributed by atoms with van der Waals surface area (Å²) in [5.41, 5.74) is 2.26. The van der Waals surface area contributed by atoms with E-state index in [0.29, 0.717) is 19.6 Å². The van der Waals surface area contributed by atoms with E-state index >= 15 is 0 Å². The first-order valence-corrected chi connectivity index (χ1v) is 9.67. The van der Waals surface area contributed by atoms with E-state index in [2.05, 4.69) is 11.4 Å². The van der Waals surface area contributed by atoms with Gasteiger partial charge in [0.05, 0.1) is 19.4 Å². The number of amides is 1. The summed E-state index contributed by atoms with van der Waals surface area (Å²) < 4.78 is 5.43. The lowest BCUT2D eigenvalue weighted by Crippen LogP contribution is -2.37. The molecule has 144 valence electrons. The van der Waals surface area contributed by atoms with Gasteiger partial charge in [-0.25, -0.2) is 0 Å². The quantitative estimate of drug-likeness (QED) is 0.657. The number of carbonyl (C=O) groups excluding carboxylic acids is 1. The van der Waals surface area contributed by atoms with Crippen molar-refractivity contribution in [1.29, 1.82) is 0 Å². The summed E-state index contributed by atoms with van der Waals surface area (Å²) in [6.07, 6.45) is 9.75. The van der Waals surface area contributed by atoms with Gasteiger partial charge in [-0.3, -0.25) is 9.69 Å². The first-order chi connectivity index (χ1) is 13.2. The van der Waals surface area contributed by atoms with Gasteiger partial charge in [-0.1, -0.05) is 29.8 Å². The highest BCUT2D eigenvalue weighted by Gasteiger charge is 2.15. The Morgan fingerprint density at radius 3 is 2.78 bits per heavy atom. The van der Waals surface area contributed by atoms with Crippen molar-refractivity contribution < 1.29 is 14.3 Å². The largest absolute Gasteiger partial charge is 0.508 e. The summed E-state index contributed by atoms with van der Waals surface area (Å²) in [6.45, 7) is 1.93. The fourth-order valence-electron chi connectivity index (χ4n) is 3.43. The monoisotopic (exact) mass is 368 g/mol. The maximum Gasteiger partial charge on any atom is 0.234 e. The topological polar surface area (TPSA) is 65.7 Å². The van der Waals surface area contributed by atoms with Crippen LogP contribution in [-0.4, -0.2) is 29.0 Å². The molecule has 3 rings (SSSR count). The van der Waals surface area contributed by atoms with Crippen LogP contribution in [0.15, 0.2) is 58.7 Å². The van der Waals surface area contributed by atoms with Gasteiger partial charge in [-0.2, -0.15) is 0 Å². The van der Waals surface area contributed by atoms with E-state index in [1.165, 1.54) is 24.8 Å². The Morgan fingerprint density at radius 2 is 2.04 bits per heavy atom. The average Bonchev–Trinajstić information content (AvgIpc) is 3.17. The maximum atomic E-state index is 12.4. The van der Waals surface area contributed by atoms with Crippen molar-refractivity contribution in [2.45, 2.75) is 45.2 Å². The molecule has 0 fully saturated rings. The molecule has 0 atom stereocenters. The van der Waals surface area contributed by atoms with E-state index in [4.69, 9.17) is 4.42 Å². The summed E-state index contributed by atoms with van der Waals surface area (Å²) in [6, 6.07) is 11.0. The minimum Gasteiger partial charge on any atom is -0.508 e. The van der Waals surface area contributed by atoms with E-state index in [0.717, 1.165) is 24.2 Å². The van der Waals surface area contributed by atoms with Gasteiger partial charge < -0.3 is 14.8 Å². The third-order valence-corrected chi connectivity index (χ3v) is 4.87. The highest BCUT2D eigenvalue weighted by molar-refractivity contribution is 5.78. The number of allylic oxidation sites excluding steroid dienone is 1. The van der Waals surface area contributed by atoms with E-state index < -0.39 is 0 Å². The zero-order valence-electron chi connectivity index (χ0n) is 15.7. The molecule has 0 saturated carbocycles. The summed E-state index contributed by atoms with van der Waals surface area (Å²) in [5, 5.41) is 13.1. The van der Waals surface area contributed by atoms with Crippen molar-refractivity contribution >= 4 is 5.91 Å². The molecule has 0 bridgehead atoms. The van der Waals surface area contributed by atoms with Gasteiger partial charge in [0.25, 0.3) is 0 Å². The summed E-state index contributed by atoms with van der Waals surface area (Å²) >= 11 is 0. The van der Waals surface area contributed by atoms with E-state index in [1.807, 2.05) is 29.2 Å². The summed E-state index contributed by atoms with van der Waals surface area (Å²) in [7, 11) is 0. The van der Waals surface area contributed by atoms with Gasteiger partial charge in [-0.15, -0.1) is 0 Å². The number of carbonyl (C=O) groups is 1. The fraction of sp³-hybridized carbons (Fsp3) is 0.409. The molecule has 0 radical (unpaired) electrons. The summed E-state index contributed by atoms with van der Waals surface area (Å²) in [5.74, 6) is 1.03. The number of aromatic hydroxyl groups is 1. The fourth-order valence-corrected chi connectivity index (χ4v) is 3.43. The van der Waals surface area contributed by atoms with Gasteiger partial charge in [-0.05, 0) is 50.3 Å². The molecule has 0 saturated heterocycles. The number of furan rings is 1. The lowest BCUT2D eigenvalue weighted by atomic mass is 9.97. The molecule has 1 aromatic carbocycles. The Balaban J connectivity index is 1.54. The van der Waals surface area contributed by atoms with Crippen molar-refractivity contribution in [2.75, 3.05) is 13.1 Å². The number of para-hydroxylation sites is 1. The van der Waals surface area contributed by atoms with Crippen LogP contribution in [0.1, 0.15) is 43.4 Å². The van der Waals surface area contributed by atoms with Crippen LogP contribution in [0.2, 0.25) is 0 Å². The molecule has 0 unspecified atom stereocenters.